The van der Waals surface area contributed by atoms with Gasteiger partial charge in [0.25, 0.3) is 5.89 Å². The molecule has 0 aliphatic carbocycles. The highest BCUT2D eigenvalue weighted by molar-refractivity contribution is 7.89. The molecule has 3 aromatic rings. The van der Waals surface area contributed by atoms with Crippen molar-refractivity contribution >= 4 is 10.0 Å². The molecule has 9 heteroatoms. The number of primary sulfonamides is 1. The van der Waals surface area contributed by atoms with Crippen molar-refractivity contribution in [3.8, 4) is 23.0 Å². The van der Waals surface area contributed by atoms with Crippen LogP contribution in [0.5, 0.6) is 0 Å². The lowest BCUT2D eigenvalue weighted by atomic mass is 10.1. The fraction of sp³-hybridized carbons (Fsp3) is 0.267. The van der Waals surface area contributed by atoms with Crippen molar-refractivity contribution in [2.24, 2.45) is 11.1 Å². The Morgan fingerprint density at radius 2 is 1.83 bits per heavy atom. The molecule has 0 saturated heterocycles. The normalized spacial score (nSPS) is 12.0. The van der Waals surface area contributed by atoms with Gasteiger partial charge in [0.2, 0.25) is 15.8 Å². The third kappa shape index (κ3) is 3.52. The average Bonchev–Trinajstić information content (AvgIpc) is 3.14. The Kier molecular flexibility index (Phi) is 4.20. The molecular formula is C15H16N4O4S. The Bertz CT molecular complexity index is 942. The topological polar surface area (TPSA) is 125 Å². The van der Waals surface area contributed by atoms with Crippen molar-refractivity contribution in [1.29, 1.82) is 0 Å². The van der Waals surface area contributed by atoms with E-state index in [2.05, 4.69) is 29.1 Å². The van der Waals surface area contributed by atoms with Crippen LogP contribution < -0.4 is 5.14 Å². The zero-order valence-corrected chi connectivity index (χ0v) is 13.9. The predicted octanol–water partition coefficient (Wildman–Crippen LogP) is 2.24. The van der Waals surface area contributed by atoms with E-state index in [1.165, 1.54) is 12.1 Å². The van der Waals surface area contributed by atoms with E-state index in [0.29, 0.717) is 23.0 Å². The minimum atomic E-state index is -3.73. The lowest BCUT2D eigenvalue weighted by Crippen LogP contribution is -2.11. The molecule has 8 nitrogen and oxygen atoms in total. The van der Waals surface area contributed by atoms with E-state index in [9.17, 15) is 8.42 Å². The molecule has 24 heavy (non-hydrogen) atoms. The molecule has 126 valence electrons. The van der Waals surface area contributed by atoms with Crippen LogP contribution in [0.25, 0.3) is 23.0 Å². The maximum atomic E-state index is 11.3. The van der Waals surface area contributed by atoms with E-state index in [1.807, 2.05) is 0 Å². The van der Waals surface area contributed by atoms with Gasteiger partial charge in [0, 0.05) is 18.1 Å². The third-order valence-electron chi connectivity index (χ3n) is 3.25. The van der Waals surface area contributed by atoms with E-state index in [4.69, 9.17) is 14.2 Å². The van der Waals surface area contributed by atoms with Crippen molar-refractivity contribution in [2.45, 2.75) is 25.2 Å². The lowest BCUT2D eigenvalue weighted by Gasteiger charge is -1.98. The van der Waals surface area contributed by atoms with Gasteiger partial charge in [0.05, 0.1) is 4.90 Å². The second-order valence-electron chi connectivity index (χ2n) is 5.77. The van der Waals surface area contributed by atoms with Crippen molar-refractivity contribution in [2.75, 3.05) is 0 Å². The predicted molar refractivity (Wildman–Crippen MR) is 85.1 cm³/mol. The van der Waals surface area contributed by atoms with Gasteiger partial charge in [0.15, 0.2) is 5.69 Å². The van der Waals surface area contributed by atoms with E-state index in [1.54, 1.807) is 18.2 Å². The quantitative estimate of drug-likeness (QED) is 0.749. The molecule has 2 aromatic heterocycles. The fourth-order valence-corrected chi connectivity index (χ4v) is 2.67. The van der Waals surface area contributed by atoms with Crippen LogP contribution in [-0.4, -0.2) is 23.7 Å². The summed E-state index contributed by atoms with van der Waals surface area (Å²) in [5.41, 5.74) is 1.06. The molecule has 2 heterocycles. The Morgan fingerprint density at radius 3 is 2.46 bits per heavy atom. The van der Waals surface area contributed by atoms with Gasteiger partial charge >= 0.3 is 0 Å². The number of benzene rings is 1. The zero-order chi connectivity index (χ0) is 17.3. The monoisotopic (exact) mass is 348 g/mol. The van der Waals surface area contributed by atoms with Crippen molar-refractivity contribution in [1.82, 2.24) is 15.3 Å². The van der Waals surface area contributed by atoms with Crippen LogP contribution in [0.2, 0.25) is 0 Å². The van der Waals surface area contributed by atoms with E-state index < -0.39 is 10.0 Å². The number of aromatic nitrogens is 3. The summed E-state index contributed by atoms with van der Waals surface area (Å²) in [4.78, 5) is 4.27. The van der Waals surface area contributed by atoms with Crippen LogP contribution in [0.4, 0.5) is 0 Å². The molecule has 0 fully saturated rings. The Hall–Kier alpha value is -2.52. The second kappa shape index (κ2) is 6.17. The standard InChI is InChI=1S/C15H16N4O4S/c1-9(2)7-11-8-13(18-22-11)15-17-14(19-23-15)10-3-5-12(6-4-10)24(16,20)21/h3-6,8-9H,7H2,1-2H3,(H2,16,20,21). The minimum Gasteiger partial charge on any atom is -0.361 e. The average molecular weight is 348 g/mol. The molecule has 2 N–H and O–H groups in total. The number of hydrogen-bond donors (Lipinski definition) is 1. The number of nitrogens with two attached hydrogens (primary N) is 1. The second-order valence-corrected chi connectivity index (χ2v) is 7.33. The summed E-state index contributed by atoms with van der Waals surface area (Å²) in [6.07, 6.45) is 0.767. The van der Waals surface area contributed by atoms with Crippen LogP contribution in [0.1, 0.15) is 19.6 Å². The lowest BCUT2D eigenvalue weighted by molar-refractivity contribution is 0.366. The van der Waals surface area contributed by atoms with E-state index in [0.717, 1.165) is 12.2 Å². The number of hydrogen-bond acceptors (Lipinski definition) is 7. The summed E-state index contributed by atoms with van der Waals surface area (Å²) < 4.78 is 32.9. The summed E-state index contributed by atoms with van der Waals surface area (Å²) in [6, 6.07) is 7.65. The molecule has 0 aliphatic rings. The first-order valence-electron chi connectivity index (χ1n) is 7.26. The molecule has 0 atom stereocenters. The van der Waals surface area contributed by atoms with Gasteiger partial charge in [-0.15, -0.1) is 0 Å². The molecule has 0 saturated carbocycles. The smallest absolute Gasteiger partial charge is 0.280 e. The molecule has 0 unspecified atom stereocenters. The van der Waals surface area contributed by atoms with Gasteiger partial charge < -0.3 is 9.05 Å². The Morgan fingerprint density at radius 1 is 1.12 bits per heavy atom. The molecule has 0 aliphatic heterocycles. The fourth-order valence-electron chi connectivity index (χ4n) is 2.15. The van der Waals surface area contributed by atoms with Gasteiger partial charge in [-0.05, 0) is 30.2 Å². The molecule has 0 bridgehead atoms. The summed E-state index contributed by atoms with van der Waals surface area (Å²) in [5, 5.41) is 12.9. The molecule has 0 spiro atoms. The largest absolute Gasteiger partial charge is 0.361 e. The third-order valence-corrected chi connectivity index (χ3v) is 4.18. The van der Waals surface area contributed by atoms with Crippen molar-refractivity contribution in [3.63, 3.8) is 0 Å². The number of nitrogens with zero attached hydrogens (tertiary/aromatic N) is 3. The zero-order valence-electron chi connectivity index (χ0n) is 13.1. The SMILES string of the molecule is CC(C)Cc1cc(-c2nc(-c3ccc(S(N)(=O)=O)cc3)no2)no1. The van der Waals surface area contributed by atoms with Gasteiger partial charge in [-0.2, -0.15) is 4.98 Å². The first kappa shape index (κ1) is 16.3. The first-order valence-corrected chi connectivity index (χ1v) is 8.80. The van der Waals surface area contributed by atoms with Gasteiger partial charge in [-0.1, -0.05) is 24.2 Å². The molecule has 3 rings (SSSR count). The summed E-state index contributed by atoms with van der Waals surface area (Å²) in [5.74, 6) is 1.75. The Balaban J connectivity index is 1.84. The van der Waals surface area contributed by atoms with E-state index in [-0.39, 0.29) is 10.8 Å². The maximum Gasteiger partial charge on any atom is 0.280 e. The van der Waals surface area contributed by atoms with Crippen molar-refractivity contribution in [3.05, 3.63) is 36.1 Å². The van der Waals surface area contributed by atoms with Gasteiger partial charge in [0.1, 0.15) is 5.76 Å². The van der Waals surface area contributed by atoms with E-state index >= 15 is 0 Å². The molecule has 0 amide bonds. The van der Waals surface area contributed by atoms with Gasteiger partial charge in [-0.3, -0.25) is 0 Å². The summed E-state index contributed by atoms with van der Waals surface area (Å²) >= 11 is 0. The minimum absolute atomic E-state index is 0.0183. The highest BCUT2D eigenvalue weighted by atomic mass is 32.2. The summed E-state index contributed by atoms with van der Waals surface area (Å²) in [6.45, 7) is 4.16. The molecule has 1 aromatic carbocycles. The molecular weight excluding hydrogens is 332 g/mol. The van der Waals surface area contributed by atoms with Gasteiger partial charge in [-0.25, -0.2) is 13.6 Å². The molecule has 0 radical (unpaired) electrons. The first-order chi connectivity index (χ1) is 11.3. The highest BCUT2D eigenvalue weighted by Gasteiger charge is 2.16. The highest BCUT2D eigenvalue weighted by Crippen LogP contribution is 2.23. The Labute approximate surface area is 138 Å². The maximum absolute atomic E-state index is 11.3. The number of sulfonamides is 1. The van der Waals surface area contributed by atoms with Crippen LogP contribution in [0, 0.1) is 5.92 Å². The number of rotatable bonds is 5. The van der Waals surface area contributed by atoms with Crippen LogP contribution in [0.15, 0.2) is 44.3 Å². The van der Waals surface area contributed by atoms with Crippen molar-refractivity contribution < 1.29 is 17.5 Å². The van der Waals surface area contributed by atoms with Crippen LogP contribution in [0.3, 0.4) is 0 Å². The van der Waals surface area contributed by atoms with Crippen LogP contribution in [-0.2, 0) is 16.4 Å². The summed E-state index contributed by atoms with van der Waals surface area (Å²) in [7, 11) is -3.73. The van der Waals surface area contributed by atoms with Crippen LogP contribution >= 0.6 is 0 Å².